The smallest absolute Gasteiger partial charge is 0.410 e. The maximum Gasteiger partial charge on any atom is 0.410 e. The van der Waals surface area contributed by atoms with Crippen LogP contribution in [0.4, 0.5) is 4.79 Å². The second-order valence-corrected chi connectivity index (χ2v) is 11.9. The molecule has 1 saturated carbocycles. The van der Waals surface area contributed by atoms with E-state index in [1.165, 1.54) is 17.7 Å². The van der Waals surface area contributed by atoms with E-state index in [9.17, 15) is 4.79 Å². The number of aromatic nitrogens is 2. The largest absolute Gasteiger partial charge is 0.444 e. The highest BCUT2D eigenvalue weighted by atomic mass is 16.6. The van der Waals surface area contributed by atoms with E-state index in [2.05, 4.69) is 32.0 Å². The first-order valence-electron chi connectivity index (χ1n) is 12.1. The number of nitrogens with zero attached hydrogens (tertiary/aromatic N) is 4. The SMILES string of the molecule is CN(CCN(C)C(=O)OC(C)(C)C)Cc1cn(C)nc1[C@H]1CC[C@@]2(CC1)CC(C)(C)CO2. The van der Waals surface area contributed by atoms with Crippen LogP contribution in [0.5, 0.6) is 0 Å². The fourth-order valence-electron chi connectivity index (χ4n) is 5.20. The molecule has 1 amide bonds. The summed E-state index contributed by atoms with van der Waals surface area (Å²) in [4.78, 5) is 16.1. The molecule has 0 atom stereocenters. The monoisotopic (exact) mass is 448 g/mol. The Morgan fingerprint density at radius 2 is 1.91 bits per heavy atom. The molecule has 1 aliphatic heterocycles. The summed E-state index contributed by atoms with van der Waals surface area (Å²) in [5.41, 5.74) is 2.46. The topological polar surface area (TPSA) is 59.8 Å². The van der Waals surface area contributed by atoms with Gasteiger partial charge < -0.3 is 19.3 Å². The van der Waals surface area contributed by atoms with Crippen LogP contribution in [0.1, 0.15) is 83.9 Å². The predicted octanol–water partition coefficient (Wildman–Crippen LogP) is 4.56. The molecule has 2 aliphatic rings. The summed E-state index contributed by atoms with van der Waals surface area (Å²) < 4.78 is 13.7. The quantitative estimate of drug-likeness (QED) is 0.638. The van der Waals surface area contributed by atoms with Crippen LogP contribution in [-0.4, -0.2) is 70.7 Å². The van der Waals surface area contributed by atoms with E-state index >= 15 is 0 Å². The lowest BCUT2D eigenvalue weighted by molar-refractivity contribution is -0.0296. The average Bonchev–Trinajstić information content (AvgIpc) is 3.18. The second-order valence-electron chi connectivity index (χ2n) is 11.9. The molecule has 2 heterocycles. The van der Waals surface area contributed by atoms with E-state index in [1.54, 1.807) is 11.9 Å². The van der Waals surface area contributed by atoms with Crippen molar-refractivity contribution in [2.75, 3.05) is 33.8 Å². The van der Waals surface area contributed by atoms with Crippen molar-refractivity contribution in [3.8, 4) is 0 Å². The van der Waals surface area contributed by atoms with Gasteiger partial charge in [0, 0.05) is 51.4 Å². The van der Waals surface area contributed by atoms with Crippen molar-refractivity contribution < 1.29 is 14.3 Å². The third-order valence-corrected chi connectivity index (χ3v) is 6.75. The van der Waals surface area contributed by atoms with Crippen LogP contribution >= 0.6 is 0 Å². The fraction of sp³-hybridized carbons (Fsp3) is 0.840. The Kier molecular flexibility index (Phi) is 7.30. The Morgan fingerprint density at radius 3 is 2.47 bits per heavy atom. The van der Waals surface area contributed by atoms with Crippen molar-refractivity contribution in [3.63, 3.8) is 0 Å². The summed E-state index contributed by atoms with van der Waals surface area (Å²) in [6.07, 6.45) is 7.61. The van der Waals surface area contributed by atoms with Gasteiger partial charge in [-0.3, -0.25) is 4.68 Å². The Bertz CT molecular complexity index is 788. The summed E-state index contributed by atoms with van der Waals surface area (Å²) in [5.74, 6) is 0.502. The highest BCUT2D eigenvalue weighted by Crippen LogP contribution is 2.49. The zero-order chi connectivity index (χ0) is 23.7. The number of hydrogen-bond donors (Lipinski definition) is 0. The Labute approximate surface area is 194 Å². The molecule has 3 rings (SSSR count). The molecule has 1 aromatic heterocycles. The fourth-order valence-corrected chi connectivity index (χ4v) is 5.20. The Morgan fingerprint density at radius 1 is 1.25 bits per heavy atom. The zero-order valence-electron chi connectivity index (χ0n) is 21.5. The first kappa shape index (κ1) is 25.0. The van der Waals surface area contributed by atoms with Gasteiger partial charge >= 0.3 is 6.09 Å². The molecule has 32 heavy (non-hydrogen) atoms. The van der Waals surface area contributed by atoms with Crippen LogP contribution < -0.4 is 0 Å². The lowest BCUT2D eigenvalue weighted by Gasteiger charge is -2.37. The molecule has 1 aliphatic carbocycles. The van der Waals surface area contributed by atoms with Gasteiger partial charge in [0.25, 0.3) is 0 Å². The second kappa shape index (κ2) is 9.34. The minimum Gasteiger partial charge on any atom is -0.444 e. The van der Waals surface area contributed by atoms with Crippen molar-refractivity contribution in [1.82, 2.24) is 19.6 Å². The molecule has 1 aromatic rings. The molecule has 0 unspecified atom stereocenters. The normalized spacial score (nSPS) is 25.5. The molecule has 1 spiro atoms. The van der Waals surface area contributed by atoms with Crippen LogP contribution in [0.3, 0.4) is 0 Å². The highest BCUT2D eigenvalue weighted by Gasteiger charge is 2.46. The lowest BCUT2D eigenvalue weighted by atomic mass is 9.72. The van der Waals surface area contributed by atoms with Crippen LogP contribution in [0.25, 0.3) is 0 Å². The molecular formula is C25H44N4O3. The van der Waals surface area contributed by atoms with E-state index in [0.717, 1.165) is 45.4 Å². The highest BCUT2D eigenvalue weighted by molar-refractivity contribution is 5.67. The van der Waals surface area contributed by atoms with Crippen molar-refractivity contribution in [3.05, 3.63) is 17.5 Å². The van der Waals surface area contributed by atoms with Gasteiger partial charge in [0.2, 0.25) is 0 Å². The molecule has 7 nitrogen and oxygen atoms in total. The van der Waals surface area contributed by atoms with Gasteiger partial charge in [-0.2, -0.15) is 5.10 Å². The first-order chi connectivity index (χ1) is 14.8. The van der Waals surface area contributed by atoms with E-state index in [0.29, 0.717) is 17.9 Å². The van der Waals surface area contributed by atoms with Gasteiger partial charge in [-0.05, 0) is 65.3 Å². The van der Waals surface area contributed by atoms with Gasteiger partial charge in [-0.25, -0.2) is 4.79 Å². The zero-order valence-corrected chi connectivity index (χ0v) is 21.5. The van der Waals surface area contributed by atoms with Crippen LogP contribution in [0.2, 0.25) is 0 Å². The maximum atomic E-state index is 12.2. The van der Waals surface area contributed by atoms with Crippen LogP contribution in [0, 0.1) is 5.41 Å². The molecular weight excluding hydrogens is 404 g/mol. The predicted molar refractivity (Wildman–Crippen MR) is 127 cm³/mol. The molecule has 7 heteroatoms. The summed E-state index contributed by atoms with van der Waals surface area (Å²) >= 11 is 0. The number of hydrogen-bond acceptors (Lipinski definition) is 5. The average molecular weight is 449 g/mol. The lowest BCUT2D eigenvalue weighted by Crippen LogP contribution is -2.38. The number of carbonyl (C=O) groups excluding carboxylic acids is 1. The van der Waals surface area contributed by atoms with Crippen molar-refractivity contribution in [2.24, 2.45) is 12.5 Å². The van der Waals surface area contributed by atoms with Crippen molar-refractivity contribution >= 4 is 6.09 Å². The molecule has 1 saturated heterocycles. The van der Waals surface area contributed by atoms with Gasteiger partial charge in [-0.15, -0.1) is 0 Å². The number of likely N-dealkylation sites (N-methyl/N-ethyl adjacent to an activating group) is 2. The molecule has 0 N–H and O–H groups in total. The standard InChI is InChI=1S/C25H44N4O3/c1-23(2,3)32-22(30)28(7)14-13-27(6)15-20-16-29(8)26-21(20)19-9-11-25(12-10-19)17-24(4,5)18-31-25/h16,19H,9-15,17-18H2,1-8H3/t19-,25+. The Balaban J connectivity index is 1.54. The van der Waals surface area contributed by atoms with E-state index in [4.69, 9.17) is 14.6 Å². The summed E-state index contributed by atoms with van der Waals surface area (Å²) in [6.45, 7) is 13.4. The van der Waals surface area contributed by atoms with Crippen LogP contribution in [0.15, 0.2) is 6.20 Å². The van der Waals surface area contributed by atoms with E-state index in [1.807, 2.05) is 32.5 Å². The van der Waals surface area contributed by atoms with Gasteiger partial charge in [0.05, 0.1) is 17.9 Å². The van der Waals surface area contributed by atoms with Crippen LogP contribution in [-0.2, 0) is 23.1 Å². The minimum absolute atomic E-state index is 0.0952. The van der Waals surface area contributed by atoms with Gasteiger partial charge in [0.1, 0.15) is 5.60 Å². The summed E-state index contributed by atoms with van der Waals surface area (Å²) in [6, 6.07) is 0. The number of amides is 1. The Hall–Kier alpha value is -1.60. The third kappa shape index (κ3) is 6.47. The van der Waals surface area contributed by atoms with Crippen molar-refractivity contribution in [2.45, 2.75) is 90.4 Å². The first-order valence-corrected chi connectivity index (χ1v) is 12.1. The minimum atomic E-state index is -0.472. The molecule has 0 aromatic carbocycles. The molecule has 182 valence electrons. The van der Waals surface area contributed by atoms with E-state index in [-0.39, 0.29) is 11.7 Å². The summed E-state index contributed by atoms with van der Waals surface area (Å²) in [5, 5.41) is 4.86. The number of carbonyl (C=O) groups is 1. The van der Waals surface area contributed by atoms with E-state index < -0.39 is 5.60 Å². The summed E-state index contributed by atoms with van der Waals surface area (Å²) in [7, 11) is 5.90. The molecule has 2 fully saturated rings. The molecule has 0 bridgehead atoms. The maximum absolute atomic E-state index is 12.2. The molecule has 0 radical (unpaired) electrons. The number of aryl methyl sites for hydroxylation is 1. The van der Waals surface area contributed by atoms with Crippen molar-refractivity contribution in [1.29, 1.82) is 0 Å². The van der Waals surface area contributed by atoms with Gasteiger partial charge in [0.15, 0.2) is 0 Å². The third-order valence-electron chi connectivity index (χ3n) is 6.75. The number of ether oxygens (including phenoxy) is 2. The number of rotatable bonds is 6. The van der Waals surface area contributed by atoms with Gasteiger partial charge in [-0.1, -0.05) is 13.8 Å².